The number of pyridine rings is 1. The van der Waals surface area contributed by atoms with E-state index in [1.807, 2.05) is 27.1 Å². The lowest BCUT2D eigenvalue weighted by Crippen LogP contribution is -2.20. The standard InChI is InChI=1S/C18H24N2O/c1-12(2)21-16-9-15(10-20-11-16)18(19-5)17-13(3)7-6-8-14(17)4/h6-12,18-19H,1-5H3. The molecule has 112 valence electrons. The van der Waals surface area contributed by atoms with E-state index in [2.05, 4.69) is 48.4 Å². The monoisotopic (exact) mass is 284 g/mol. The third-order valence-electron chi connectivity index (χ3n) is 3.56. The fraction of sp³-hybridized carbons (Fsp3) is 0.389. The molecule has 1 unspecified atom stereocenters. The van der Waals surface area contributed by atoms with Gasteiger partial charge in [0.1, 0.15) is 5.75 Å². The number of nitrogens with one attached hydrogen (secondary N) is 1. The normalized spacial score (nSPS) is 12.5. The SMILES string of the molecule is CNC(c1cncc(OC(C)C)c1)c1c(C)cccc1C. The fourth-order valence-corrected chi connectivity index (χ4v) is 2.69. The maximum atomic E-state index is 5.76. The molecule has 1 N–H and O–H groups in total. The lowest BCUT2D eigenvalue weighted by atomic mass is 9.92. The Balaban J connectivity index is 2.42. The van der Waals surface area contributed by atoms with Gasteiger partial charge in [-0.3, -0.25) is 4.98 Å². The fourth-order valence-electron chi connectivity index (χ4n) is 2.69. The molecule has 0 amide bonds. The minimum atomic E-state index is 0.120. The van der Waals surface area contributed by atoms with Gasteiger partial charge in [-0.05, 0) is 63.1 Å². The number of rotatable bonds is 5. The molecular formula is C18H24N2O. The highest BCUT2D eigenvalue weighted by Crippen LogP contribution is 2.29. The number of aromatic nitrogens is 1. The van der Waals surface area contributed by atoms with Crippen LogP contribution in [0.2, 0.25) is 0 Å². The van der Waals surface area contributed by atoms with Crippen molar-refractivity contribution in [3.63, 3.8) is 0 Å². The van der Waals surface area contributed by atoms with Crippen LogP contribution in [0.4, 0.5) is 0 Å². The summed E-state index contributed by atoms with van der Waals surface area (Å²) in [5.41, 5.74) is 4.99. The summed E-state index contributed by atoms with van der Waals surface area (Å²) in [6.45, 7) is 8.34. The van der Waals surface area contributed by atoms with E-state index in [1.54, 1.807) is 6.20 Å². The summed E-state index contributed by atoms with van der Waals surface area (Å²) >= 11 is 0. The molecule has 0 bridgehead atoms. The summed E-state index contributed by atoms with van der Waals surface area (Å²) in [4.78, 5) is 4.33. The van der Waals surface area contributed by atoms with Gasteiger partial charge >= 0.3 is 0 Å². The molecule has 21 heavy (non-hydrogen) atoms. The minimum Gasteiger partial charge on any atom is -0.489 e. The zero-order valence-electron chi connectivity index (χ0n) is 13.5. The van der Waals surface area contributed by atoms with Crippen LogP contribution in [-0.2, 0) is 0 Å². The third kappa shape index (κ3) is 3.61. The first-order valence-electron chi connectivity index (χ1n) is 7.38. The van der Waals surface area contributed by atoms with Gasteiger partial charge in [-0.2, -0.15) is 0 Å². The van der Waals surface area contributed by atoms with Crippen molar-refractivity contribution < 1.29 is 4.74 Å². The van der Waals surface area contributed by atoms with Crippen LogP contribution in [0.25, 0.3) is 0 Å². The first-order chi connectivity index (χ1) is 10.0. The Morgan fingerprint density at radius 3 is 2.33 bits per heavy atom. The molecule has 3 heteroatoms. The van der Waals surface area contributed by atoms with E-state index in [9.17, 15) is 0 Å². The number of benzene rings is 1. The first kappa shape index (κ1) is 15.5. The highest BCUT2D eigenvalue weighted by Gasteiger charge is 2.17. The molecule has 0 aliphatic heterocycles. The van der Waals surface area contributed by atoms with Crippen molar-refractivity contribution in [3.8, 4) is 5.75 Å². The Labute approximate surface area is 127 Å². The molecular weight excluding hydrogens is 260 g/mol. The summed E-state index contributed by atoms with van der Waals surface area (Å²) in [6.07, 6.45) is 3.82. The van der Waals surface area contributed by atoms with Gasteiger partial charge in [-0.25, -0.2) is 0 Å². The van der Waals surface area contributed by atoms with Crippen LogP contribution in [0.5, 0.6) is 5.75 Å². The highest BCUT2D eigenvalue weighted by atomic mass is 16.5. The van der Waals surface area contributed by atoms with Gasteiger partial charge in [0.15, 0.2) is 0 Å². The second-order valence-electron chi connectivity index (χ2n) is 5.65. The average molecular weight is 284 g/mol. The molecule has 0 fully saturated rings. The van der Waals surface area contributed by atoms with Crippen LogP contribution < -0.4 is 10.1 Å². The van der Waals surface area contributed by atoms with Crippen molar-refractivity contribution in [2.45, 2.75) is 39.8 Å². The topological polar surface area (TPSA) is 34.2 Å². The van der Waals surface area contributed by atoms with E-state index in [0.717, 1.165) is 11.3 Å². The van der Waals surface area contributed by atoms with Crippen LogP contribution in [0.1, 0.15) is 42.1 Å². The molecule has 2 aromatic rings. The van der Waals surface area contributed by atoms with Crippen LogP contribution in [0.15, 0.2) is 36.7 Å². The average Bonchev–Trinajstić information content (AvgIpc) is 2.42. The molecule has 2 rings (SSSR count). The molecule has 0 saturated heterocycles. The van der Waals surface area contributed by atoms with Crippen molar-refractivity contribution in [3.05, 3.63) is 58.9 Å². The summed E-state index contributed by atoms with van der Waals surface area (Å²) in [7, 11) is 1.98. The summed E-state index contributed by atoms with van der Waals surface area (Å²) in [5.74, 6) is 0.814. The van der Waals surface area contributed by atoms with Crippen molar-refractivity contribution in [1.82, 2.24) is 10.3 Å². The number of nitrogens with zero attached hydrogens (tertiary/aromatic N) is 1. The Morgan fingerprint density at radius 2 is 1.76 bits per heavy atom. The van der Waals surface area contributed by atoms with Gasteiger partial charge in [0.05, 0.1) is 18.3 Å². The van der Waals surface area contributed by atoms with Gasteiger partial charge in [-0.1, -0.05) is 18.2 Å². The van der Waals surface area contributed by atoms with E-state index in [1.165, 1.54) is 16.7 Å². The first-order valence-corrected chi connectivity index (χ1v) is 7.38. The number of hydrogen-bond acceptors (Lipinski definition) is 3. The molecule has 1 atom stereocenters. The van der Waals surface area contributed by atoms with Crippen molar-refractivity contribution in [1.29, 1.82) is 0 Å². The third-order valence-corrected chi connectivity index (χ3v) is 3.56. The Bertz CT molecular complexity index is 588. The van der Waals surface area contributed by atoms with Gasteiger partial charge in [0, 0.05) is 6.20 Å². The smallest absolute Gasteiger partial charge is 0.138 e. The second-order valence-corrected chi connectivity index (χ2v) is 5.65. The quantitative estimate of drug-likeness (QED) is 0.907. The summed E-state index contributed by atoms with van der Waals surface area (Å²) < 4.78 is 5.76. The molecule has 1 aromatic carbocycles. The van der Waals surface area contributed by atoms with E-state index in [-0.39, 0.29) is 12.1 Å². The lowest BCUT2D eigenvalue weighted by Gasteiger charge is -2.22. The Hall–Kier alpha value is -1.87. The van der Waals surface area contributed by atoms with Crippen LogP contribution in [0.3, 0.4) is 0 Å². The van der Waals surface area contributed by atoms with Crippen molar-refractivity contribution in [2.75, 3.05) is 7.05 Å². The lowest BCUT2D eigenvalue weighted by molar-refractivity contribution is 0.241. The van der Waals surface area contributed by atoms with Gasteiger partial charge in [0.2, 0.25) is 0 Å². The summed E-state index contributed by atoms with van der Waals surface area (Å²) in [6, 6.07) is 8.58. The second kappa shape index (κ2) is 6.72. The molecule has 0 aliphatic rings. The molecule has 1 aromatic heterocycles. The molecule has 0 saturated carbocycles. The molecule has 3 nitrogen and oxygen atoms in total. The Kier molecular flexibility index (Phi) is 4.97. The molecule has 1 heterocycles. The van der Waals surface area contributed by atoms with E-state index in [4.69, 9.17) is 4.74 Å². The summed E-state index contributed by atoms with van der Waals surface area (Å²) in [5, 5.41) is 3.40. The molecule has 0 radical (unpaired) electrons. The molecule has 0 spiro atoms. The van der Waals surface area contributed by atoms with Crippen LogP contribution in [0, 0.1) is 13.8 Å². The highest BCUT2D eigenvalue weighted by molar-refractivity contribution is 5.42. The zero-order chi connectivity index (χ0) is 15.4. The Morgan fingerprint density at radius 1 is 1.10 bits per heavy atom. The number of ether oxygens (including phenoxy) is 1. The predicted molar refractivity (Wildman–Crippen MR) is 86.8 cm³/mol. The maximum Gasteiger partial charge on any atom is 0.138 e. The van der Waals surface area contributed by atoms with Crippen LogP contribution >= 0.6 is 0 Å². The van der Waals surface area contributed by atoms with E-state index in [0.29, 0.717) is 0 Å². The van der Waals surface area contributed by atoms with E-state index < -0.39 is 0 Å². The number of hydrogen-bond donors (Lipinski definition) is 1. The van der Waals surface area contributed by atoms with Crippen molar-refractivity contribution in [2.24, 2.45) is 0 Å². The molecule has 0 aliphatic carbocycles. The largest absolute Gasteiger partial charge is 0.489 e. The maximum absolute atomic E-state index is 5.76. The van der Waals surface area contributed by atoms with Crippen molar-refractivity contribution >= 4 is 0 Å². The number of aryl methyl sites for hydroxylation is 2. The van der Waals surface area contributed by atoms with Gasteiger partial charge < -0.3 is 10.1 Å². The van der Waals surface area contributed by atoms with Gasteiger partial charge in [0.25, 0.3) is 0 Å². The minimum absolute atomic E-state index is 0.120. The van der Waals surface area contributed by atoms with E-state index >= 15 is 0 Å². The van der Waals surface area contributed by atoms with Gasteiger partial charge in [-0.15, -0.1) is 0 Å². The van der Waals surface area contributed by atoms with Crippen LogP contribution in [-0.4, -0.2) is 18.1 Å². The predicted octanol–water partition coefficient (Wildman–Crippen LogP) is 3.79. The zero-order valence-corrected chi connectivity index (χ0v) is 13.5.